The number of morpholine rings is 1. The molecule has 1 aromatic rings. The zero-order valence-corrected chi connectivity index (χ0v) is 13.7. The van der Waals surface area contributed by atoms with Crippen molar-refractivity contribution in [3.05, 3.63) is 52.8 Å². The highest BCUT2D eigenvalue weighted by molar-refractivity contribution is 6.31. The van der Waals surface area contributed by atoms with E-state index >= 15 is 0 Å². The van der Waals surface area contributed by atoms with Gasteiger partial charge in [0.25, 0.3) is 0 Å². The van der Waals surface area contributed by atoms with E-state index in [1.807, 2.05) is 18.2 Å². The van der Waals surface area contributed by atoms with Crippen LogP contribution in [0.4, 0.5) is 0 Å². The molecule has 3 aliphatic rings. The fraction of sp³-hybridized carbons (Fsp3) is 0.294. The van der Waals surface area contributed by atoms with Gasteiger partial charge < -0.3 is 20.1 Å². The second-order valence-electron chi connectivity index (χ2n) is 5.75. The first-order valence-corrected chi connectivity index (χ1v) is 8.21. The summed E-state index contributed by atoms with van der Waals surface area (Å²) in [5, 5.41) is 13.4. The molecule has 0 aromatic heterocycles. The Balaban J connectivity index is 1.75. The lowest BCUT2D eigenvalue weighted by Gasteiger charge is -2.36. The molecule has 1 saturated heterocycles. The minimum Gasteiger partial charge on any atom is -0.508 e. The highest BCUT2D eigenvalue weighted by Gasteiger charge is 2.32. The molecule has 6 nitrogen and oxygen atoms in total. The number of dihydropyridines is 1. The maximum atomic E-state index is 9.49. The number of aliphatic imine (C=N–C) groups is 2. The lowest BCUT2D eigenvalue weighted by atomic mass is 10.1. The second-order valence-corrected chi connectivity index (χ2v) is 6.19. The quantitative estimate of drug-likeness (QED) is 0.815. The predicted octanol–water partition coefficient (Wildman–Crippen LogP) is 1.82. The van der Waals surface area contributed by atoms with Gasteiger partial charge in [0.05, 0.1) is 23.9 Å². The minimum absolute atomic E-state index is 0.105. The number of benzene rings is 1. The van der Waals surface area contributed by atoms with Crippen molar-refractivity contribution in [3.8, 4) is 5.75 Å². The number of rotatable bonds is 1. The van der Waals surface area contributed by atoms with Crippen LogP contribution < -0.4 is 5.32 Å². The topological polar surface area (TPSA) is 69.5 Å². The molecule has 1 fully saturated rings. The van der Waals surface area contributed by atoms with Crippen LogP contribution in [-0.4, -0.2) is 54.0 Å². The molecule has 24 heavy (non-hydrogen) atoms. The molecule has 1 atom stereocenters. The number of fused-ring (bicyclic) bond motifs is 1. The third-order valence-electron chi connectivity index (χ3n) is 4.14. The summed E-state index contributed by atoms with van der Waals surface area (Å²) in [6.45, 7) is 2.97. The van der Waals surface area contributed by atoms with Gasteiger partial charge >= 0.3 is 0 Å². The first-order valence-electron chi connectivity index (χ1n) is 7.83. The fourth-order valence-corrected chi connectivity index (χ4v) is 3.10. The van der Waals surface area contributed by atoms with Crippen molar-refractivity contribution in [3.63, 3.8) is 0 Å². The number of halogens is 1. The summed E-state index contributed by atoms with van der Waals surface area (Å²) in [7, 11) is 0. The standard InChI is InChI=1S/C17H17ClN4O2/c18-12-9-14-15(19-10-12)17(22-5-7-24-8-6-22)21-16(20-14)11-1-3-13(23)4-2-11/h1-4,9-10,15,19,23H,5-8H2. The van der Waals surface area contributed by atoms with E-state index in [1.165, 1.54) is 0 Å². The summed E-state index contributed by atoms with van der Waals surface area (Å²) in [6, 6.07) is 6.78. The van der Waals surface area contributed by atoms with Crippen LogP contribution in [0.25, 0.3) is 0 Å². The molecule has 7 heteroatoms. The van der Waals surface area contributed by atoms with Crippen LogP contribution in [0.1, 0.15) is 5.56 Å². The van der Waals surface area contributed by atoms with Crippen molar-refractivity contribution >= 4 is 23.3 Å². The Labute approximate surface area is 144 Å². The van der Waals surface area contributed by atoms with E-state index in [-0.39, 0.29) is 11.8 Å². The number of hydrogen-bond donors (Lipinski definition) is 2. The maximum absolute atomic E-state index is 9.49. The fourth-order valence-electron chi connectivity index (χ4n) is 2.92. The van der Waals surface area contributed by atoms with Crippen LogP contribution in [0, 0.1) is 0 Å². The predicted molar refractivity (Wildman–Crippen MR) is 93.4 cm³/mol. The Kier molecular flexibility index (Phi) is 4.00. The molecule has 0 radical (unpaired) electrons. The van der Waals surface area contributed by atoms with Gasteiger partial charge in [-0.1, -0.05) is 11.6 Å². The van der Waals surface area contributed by atoms with Crippen molar-refractivity contribution in [2.75, 3.05) is 26.3 Å². The van der Waals surface area contributed by atoms with E-state index in [2.05, 4.69) is 15.2 Å². The molecule has 124 valence electrons. The van der Waals surface area contributed by atoms with Crippen LogP contribution in [0.2, 0.25) is 0 Å². The van der Waals surface area contributed by atoms with Gasteiger partial charge in [0.15, 0.2) is 5.84 Å². The number of phenolic OH excluding ortho intramolecular Hbond substituents is 1. The van der Waals surface area contributed by atoms with Crippen LogP contribution in [0.5, 0.6) is 5.75 Å². The van der Waals surface area contributed by atoms with Gasteiger partial charge in [-0.15, -0.1) is 0 Å². The molecule has 3 aliphatic heterocycles. The Morgan fingerprint density at radius 1 is 1.17 bits per heavy atom. The van der Waals surface area contributed by atoms with Gasteiger partial charge in [-0.3, -0.25) is 0 Å². The number of amidine groups is 2. The van der Waals surface area contributed by atoms with Gasteiger partial charge in [0.2, 0.25) is 0 Å². The van der Waals surface area contributed by atoms with E-state index in [4.69, 9.17) is 21.3 Å². The summed E-state index contributed by atoms with van der Waals surface area (Å²) < 4.78 is 5.45. The summed E-state index contributed by atoms with van der Waals surface area (Å²) in [6.07, 6.45) is 3.63. The lowest BCUT2D eigenvalue weighted by Crippen LogP contribution is -2.52. The molecule has 1 aromatic carbocycles. The van der Waals surface area contributed by atoms with Crippen LogP contribution in [0.15, 0.2) is 57.3 Å². The van der Waals surface area contributed by atoms with E-state index in [0.29, 0.717) is 24.1 Å². The zero-order chi connectivity index (χ0) is 16.5. The van der Waals surface area contributed by atoms with Crippen LogP contribution in [-0.2, 0) is 4.74 Å². The number of allylic oxidation sites excluding steroid dienone is 2. The molecule has 4 rings (SSSR count). The molecule has 0 amide bonds. The Hall–Kier alpha value is -2.31. The van der Waals surface area contributed by atoms with Crippen LogP contribution in [0.3, 0.4) is 0 Å². The summed E-state index contributed by atoms with van der Waals surface area (Å²) in [5.41, 5.74) is 1.69. The average Bonchev–Trinajstić information content (AvgIpc) is 2.62. The minimum atomic E-state index is -0.105. The smallest absolute Gasteiger partial charge is 0.161 e. The first-order chi connectivity index (χ1) is 11.7. The largest absolute Gasteiger partial charge is 0.508 e. The summed E-state index contributed by atoms with van der Waals surface area (Å²) in [5.74, 6) is 1.75. The van der Waals surface area contributed by atoms with E-state index in [9.17, 15) is 5.11 Å². The van der Waals surface area contributed by atoms with Crippen molar-refractivity contribution in [1.29, 1.82) is 0 Å². The monoisotopic (exact) mass is 344 g/mol. The van der Waals surface area contributed by atoms with Crippen molar-refractivity contribution in [2.24, 2.45) is 9.98 Å². The van der Waals surface area contributed by atoms with Crippen molar-refractivity contribution in [2.45, 2.75) is 6.04 Å². The van der Waals surface area contributed by atoms with Gasteiger partial charge in [0, 0.05) is 24.9 Å². The molecular weight excluding hydrogens is 328 g/mol. The van der Waals surface area contributed by atoms with E-state index < -0.39 is 0 Å². The van der Waals surface area contributed by atoms with E-state index in [0.717, 1.165) is 30.2 Å². The molecule has 0 spiro atoms. The SMILES string of the molecule is Oc1ccc(C2=NC3=CC(Cl)=CNC3C(N3CCOCC3)=N2)cc1. The van der Waals surface area contributed by atoms with Gasteiger partial charge in [0.1, 0.15) is 17.6 Å². The highest BCUT2D eigenvalue weighted by atomic mass is 35.5. The maximum Gasteiger partial charge on any atom is 0.161 e. The summed E-state index contributed by atoms with van der Waals surface area (Å²) >= 11 is 6.13. The Morgan fingerprint density at radius 3 is 2.67 bits per heavy atom. The molecular formula is C17H17ClN4O2. The zero-order valence-electron chi connectivity index (χ0n) is 12.9. The normalized spacial score (nSPS) is 23.4. The lowest BCUT2D eigenvalue weighted by molar-refractivity contribution is 0.0668. The number of nitrogens with zero attached hydrogens (tertiary/aromatic N) is 3. The molecule has 0 saturated carbocycles. The molecule has 0 aliphatic carbocycles. The first kappa shape index (κ1) is 15.2. The molecule has 1 unspecified atom stereocenters. The average molecular weight is 345 g/mol. The number of nitrogens with one attached hydrogen (secondary N) is 1. The number of aromatic hydroxyl groups is 1. The second kappa shape index (κ2) is 6.30. The van der Waals surface area contributed by atoms with Gasteiger partial charge in [-0.2, -0.15) is 0 Å². The van der Waals surface area contributed by atoms with E-state index in [1.54, 1.807) is 18.3 Å². The summed E-state index contributed by atoms with van der Waals surface area (Å²) in [4.78, 5) is 11.7. The molecule has 3 heterocycles. The Morgan fingerprint density at radius 2 is 1.92 bits per heavy atom. The van der Waals surface area contributed by atoms with Crippen molar-refractivity contribution < 1.29 is 9.84 Å². The number of hydrogen-bond acceptors (Lipinski definition) is 6. The molecule has 2 N–H and O–H groups in total. The third-order valence-corrected chi connectivity index (χ3v) is 4.36. The molecule has 0 bridgehead atoms. The number of ether oxygens (including phenoxy) is 1. The van der Waals surface area contributed by atoms with Gasteiger partial charge in [-0.25, -0.2) is 9.98 Å². The van der Waals surface area contributed by atoms with Crippen LogP contribution >= 0.6 is 11.6 Å². The number of phenols is 1. The highest BCUT2D eigenvalue weighted by Crippen LogP contribution is 2.25. The van der Waals surface area contributed by atoms with Gasteiger partial charge in [-0.05, 0) is 30.3 Å². The third kappa shape index (κ3) is 2.90. The van der Waals surface area contributed by atoms with Crippen molar-refractivity contribution in [1.82, 2.24) is 10.2 Å². The Bertz CT molecular complexity index is 761.